The van der Waals surface area contributed by atoms with Gasteiger partial charge in [-0.2, -0.15) is 4.31 Å². The third-order valence-electron chi connectivity index (χ3n) is 4.83. The molecule has 1 aliphatic rings. The van der Waals surface area contributed by atoms with Gasteiger partial charge in [-0.15, -0.1) is 0 Å². The summed E-state index contributed by atoms with van der Waals surface area (Å²) in [7, 11) is -3.24. The number of rotatable bonds is 7. The van der Waals surface area contributed by atoms with Crippen LogP contribution in [0.5, 0.6) is 0 Å². The summed E-state index contributed by atoms with van der Waals surface area (Å²) < 4.78 is 25.4. The van der Waals surface area contributed by atoms with Gasteiger partial charge in [-0.3, -0.25) is 9.59 Å². The Balaban J connectivity index is 1.65. The van der Waals surface area contributed by atoms with E-state index < -0.39 is 15.9 Å². The van der Waals surface area contributed by atoms with Crippen molar-refractivity contribution >= 4 is 33.3 Å². The van der Waals surface area contributed by atoms with Gasteiger partial charge in [0.15, 0.2) is 17.3 Å². The van der Waals surface area contributed by atoms with Crippen LogP contribution in [0.25, 0.3) is 0 Å². The van der Waals surface area contributed by atoms with Crippen molar-refractivity contribution in [2.75, 3.05) is 49.1 Å². The first-order chi connectivity index (χ1) is 14.3. The monoisotopic (exact) mass is 432 g/mol. The van der Waals surface area contributed by atoms with Gasteiger partial charge in [-0.1, -0.05) is 30.3 Å². The van der Waals surface area contributed by atoms with Crippen molar-refractivity contribution in [2.24, 2.45) is 0 Å². The van der Waals surface area contributed by atoms with Crippen molar-refractivity contribution in [3.8, 4) is 0 Å². The average Bonchev–Trinajstić information content (AvgIpc) is 2.78. The number of carbonyl (C=O) groups excluding carboxylic acids is 2. The number of sulfonamides is 1. The minimum atomic E-state index is -3.24. The lowest BCUT2D eigenvalue weighted by molar-refractivity contribution is 0.0901. The molecule has 30 heavy (non-hydrogen) atoms. The number of anilines is 2. The lowest BCUT2D eigenvalue weighted by Crippen LogP contribution is -2.49. The second-order valence-corrected chi connectivity index (χ2v) is 8.98. The number of nitrogens with one attached hydrogen (secondary N) is 1. The summed E-state index contributed by atoms with van der Waals surface area (Å²) in [5.74, 6) is -0.396. The van der Waals surface area contributed by atoms with Crippen LogP contribution >= 0.6 is 0 Å². The Labute approximate surface area is 175 Å². The van der Waals surface area contributed by atoms with Crippen molar-refractivity contribution in [1.29, 1.82) is 0 Å². The van der Waals surface area contributed by atoms with Gasteiger partial charge >= 0.3 is 0 Å². The van der Waals surface area contributed by atoms with Gasteiger partial charge in [0.05, 0.1) is 18.5 Å². The van der Waals surface area contributed by atoms with Crippen molar-refractivity contribution < 1.29 is 18.0 Å². The average molecular weight is 433 g/mol. The number of ketones is 1. The minimum Gasteiger partial charge on any atom is -0.382 e. The maximum absolute atomic E-state index is 12.5. The van der Waals surface area contributed by atoms with Gasteiger partial charge in [0.1, 0.15) is 5.82 Å². The molecule has 1 aliphatic heterocycles. The van der Waals surface area contributed by atoms with Gasteiger partial charge in [0.25, 0.3) is 5.91 Å². The fraction of sp³-hybridized carbons (Fsp3) is 0.368. The van der Waals surface area contributed by atoms with Crippen LogP contribution in [-0.2, 0) is 10.0 Å². The first-order valence-corrected chi connectivity index (χ1v) is 11.1. The normalized spacial score (nSPS) is 15.0. The molecule has 10 nitrogen and oxygen atoms in total. The fourth-order valence-electron chi connectivity index (χ4n) is 3.06. The second kappa shape index (κ2) is 9.18. The predicted molar refractivity (Wildman–Crippen MR) is 113 cm³/mol. The van der Waals surface area contributed by atoms with Crippen molar-refractivity contribution in [3.05, 3.63) is 47.8 Å². The molecule has 1 amide bonds. The summed E-state index contributed by atoms with van der Waals surface area (Å²) in [6, 6.07) is 8.62. The maximum atomic E-state index is 12.5. The molecule has 1 saturated heterocycles. The molecular formula is C19H24N6O4S. The van der Waals surface area contributed by atoms with Crippen LogP contribution < -0.4 is 16.0 Å². The van der Waals surface area contributed by atoms with Crippen molar-refractivity contribution in [1.82, 2.24) is 19.6 Å². The molecule has 0 spiro atoms. The minimum absolute atomic E-state index is 0.0457. The molecule has 2 aromatic rings. The number of Topliss-reactive ketones (excluding diaryl/α,β-unsaturated/α-hetero) is 1. The number of nitrogen functional groups attached to an aromatic ring is 1. The van der Waals surface area contributed by atoms with E-state index in [-0.39, 0.29) is 29.6 Å². The topological polar surface area (TPSA) is 139 Å². The Bertz CT molecular complexity index is 1020. The molecule has 1 aromatic heterocycles. The van der Waals surface area contributed by atoms with Crippen molar-refractivity contribution in [3.63, 3.8) is 0 Å². The highest BCUT2D eigenvalue weighted by Gasteiger charge is 2.27. The second-order valence-electron chi connectivity index (χ2n) is 6.72. The molecule has 160 valence electrons. The van der Waals surface area contributed by atoms with Gasteiger partial charge in [-0.25, -0.2) is 18.4 Å². The smallest absolute Gasteiger partial charge is 0.274 e. The highest BCUT2D eigenvalue weighted by molar-refractivity contribution is 7.89. The Hall–Kier alpha value is -3.05. The van der Waals surface area contributed by atoms with Crippen LogP contribution in [-0.4, -0.2) is 72.9 Å². The van der Waals surface area contributed by atoms with Crippen molar-refractivity contribution in [2.45, 2.75) is 6.92 Å². The zero-order valence-corrected chi connectivity index (χ0v) is 17.4. The van der Waals surface area contributed by atoms with E-state index in [4.69, 9.17) is 5.73 Å². The summed E-state index contributed by atoms with van der Waals surface area (Å²) in [6.45, 7) is 2.92. The van der Waals surface area contributed by atoms with E-state index in [9.17, 15) is 18.0 Å². The van der Waals surface area contributed by atoms with Crippen LogP contribution in [0.2, 0.25) is 0 Å². The van der Waals surface area contributed by atoms with Gasteiger partial charge in [-0.05, 0) is 6.92 Å². The molecule has 1 fully saturated rings. The van der Waals surface area contributed by atoms with Gasteiger partial charge in [0.2, 0.25) is 10.0 Å². The molecule has 0 bridgehead atoms. The molecule has 0 aliphatic carbocycles. The molecule has 2 heterocycles. The number of aromatic nitrogens is 2. The quantitative estimate of drug-likeness (QED) is 0.589. The number of carbonyl (C=O) groups is 2. The number of hydrogen-bond donors (Lipinski definition) is 2. The molecule has 3 N–H and O–H groups in total. The Morgan fingerprint density at radius 3 is 2.43 bits per heavy atom. The number of benzene rings is 1. The summed E-state index contributed by atoms with van der Waals surface area (Å²) in [4.78, 5) is 34.9. The molecule has 0 unspecified atom stereocenters. The van der Waals surface area contributed by atoms with E-state index in [1.165, 1.54) is 10.5 Å². The van der Waals surface area contributed by atoms with E-state index in [1.807, 2.05) is 4.90 Å². The zero-order valence-electron chi connectivity index (χ0n) is 16.6. The Morgan fingerprint density at radius 2 is 1.80 bits per heavy atom. The van der Waals surface area contributed by atoms with E-state index in [1.54, 1.807) is 37.3 Å². The molecular weight excluding hydrogens is 408 g/mol. The Morgan fingerprint density at radius 1 is 1.13 bits per heavy atom. The van der Waals surface area contributed by atoms with Crippen LogP contribution in [0, 0.1) is 0 Å². The molecule has 0 saturated carbocycles. The first-order valence-electron chi connectivity index (χ1n) is 9.53. The standard InChI is InChI=1S/C19H24N6O4S/c1-2-30(28,29)25-10-8-24(9-11-25)16-13-21-18(20)17(23-16)19(27)22-12-15(26)14-6-4-3-5-7-14/h3-7,13H,2,8-12H2,1H3,(H2,20,21)(H,22,27). The lowest BCUT2D eigenvalue weighted by Gasteiger charge is -2.34. The number of nitrogens with two attached hydrogens (primary N) is 1. The van der Waals surface area contributed by atoms with E-state index in [0.29, 0.717) is 37.6 Å². The molecule has 3 rings (SSSR count). The van der Waals surface area contributed by atoms with E-state index in [2.05, 4.69) is 15.3 Å². The number of nitrogens with zero attached hydrogens (tertiary/aromatic N) is 4. The molecule has 1 aromatic carbocycles. The van der Waals surface area contributed by atoms with Crippen LogP contribution in [0.15, 0.2) is 36.5 Å². The largest absolute Gasteiger partial charge is 0.382 e. The summed E-state index contributed by atoms with van der Waals surface area (Å²) >= 11 is 0. The van der Waals surface area contributed by atoms with E-state index >= 15 is 0 Å². The zero-order chi connectivity index (χ0) is 21.7. The van der Waals surface area contributed by atoms with Crippen LogP contribution in [0.1, 0.15) is 27.8 Å². The first kappa shape index (κ1) is 21.7. The highest BCUT2D eigenvalue weighted by atomic mass is 32.2. The Kier molecular flexibility index (Phi) is 6.63. The molecule has 0 radical (unpaired) electrons. The number of hydrogen-bond acceptors (Lipinski definition) is 8. The van der Waals surface area contributed by atoms with E-state index in [0.717, 1.165) is 0 Å². The molecule has 11 heteroatoms. The summed E-state index contributed by atoms with van der Waals surface area (Å²) in [6.07, 6.45) is 1.45. The third-order valence-corrected chi connectivity index (χ3v) is 6.71. The number of piperazine rings is 1. The number of amides is 1. The summed E-state index contributed by atoms with van der Waals surface area (Å²) in [5, 5.41) is 2.53. The fourth-order valence-corrected chi connectivity index (χ4v) is 4.14. The van der Waals surface area contributed by atoms with Crippen LogP contribution in [0.3, 0.4) is 0 Å². The SMILES string of the molecule is CCS(=O)(=O)N1CCN(c2cnc(N)c(C(=O)NCC(=O)c3ccccc3)n2)CC1. The lowest BCUT2D eigenvalue weighted by atomic mass is 10.1. The highest BCUT2D eigenvalue weighted by Crippen LogP contribution is 2.17. The van der Waals surface area contributed by atoms with Gasteiger partial charge < -0.3 is 16.0 Å². The third kappa shape index (κ3) is 4.92. The molecule has 0 atom stereocenters. The predicted octanol–water partition coefficient (Wildman–Crippen LogP) is 0.143. The van der Waals surface area contributed by atoms with Crippen LogP contribution in [0.4, 0.5) is 11.6 Å². The maximum Gasteiger partial charge on any atom is 0.274 e. The summed E-state index contributed by atoms with van der Waals surface area (Å²) in [5.41, 5.74) is 6.23. The van der Waals surface area contributed by atoms with Gasteiger partial charge in [0, 0.05) is 31.7 Å².